The highest BCUT2D eigenvalue weighted by molar-refractivity contribution is 6.34. The SMILES string of the molecule is Cc1ccc(N2C(=O)c3ccc(C(=O)OCc4ccc([N+](=O)[O-])cc4)cc3C2=O)cc1. The first-order chi connectivity index (χ1) is 14.8. The molecule has 1 heterocycles. The fraction of sp³-hybridized carbons (Fsp3) is 0.0870. The zero-order valence-electron chi connectivity index (χ0n) is 16.4. The van der Waals surface area contributed by atoms with Gasteiger partial charge in [-0.15, -0.1) is 0 Å². The van der Waals surface area contributed by atoms with Crippen LogP contribution in [-0.2, 0) is 11.3 Å². The van der Waals surface area contributed by atoms with Gasteiger partial charge in [-0.3, -0.25) is 19.7 Å². The van der Waals surface area contributed by atoms with E-state index >= 15 is 0 Å². The average molecular weight is 416 g/mol. The van der Waals surface area contributed by atoms with Crippen molar-refractivity contribution in [3.05, 3.63) is 105 Å². The van der Waals surface area contributed by atoms with Crippen LogP contribution in [0.4, 0.5) is 11.4 Å². The maximum atomic E-state index is 12.8. The van der Waals surface area contributed by atoms with Crippen molar-refractivity contribution in [3.8, 4) is 0 Å². The van der Waals surface area contributed by atoms with Crippen molar-refractivity contribution in [3.63, 3.8) is 0 Å². The second kappa shape index (κ2) is 7.83. The molecule has 0 saturated carbocycles. The topological polar surface area (TPSA) is 107 Å². The first-order valence-corrected chi connectivity index (χ1v) is 9.35. The van der Waals surface area contributed by atoms with Gasteiger partial charge in [0, 0.05) is 12.1 Å². The number of anilines is 1. The van der Waals surface area contributed by atoms with Gasteiger partial charge in [-0.25, -0.2) is 9.69 Å². The van der Waals surface area contributed by atoms with E-state index in [4.69, 9.17) is 4.74 Å². The van der Waals surface area contributed by atoms with Crippen molar-refractivity contribution >= 4 is 29.2 Å². The molecule has 0 bridgehead atoms. The molecule has 8 heteroatoms. The minimum absolute atomic E-state index is 0.0602. The number of esters is 1. The largest absolute Gasteiger partial charge is 0.457 e. The van der Waals surface area contributed by atoms with Crippen molar-refractivity contribution in [1.29, 1.82) is 0 Å². The van der Waals surface area contributed by atoms with E-state index in [0.29, 0.717) is 11.3 Å². The number of nitrogens with zero attached hydrogens (tertiary/aromatic N) is 2. The van der Waals surface area contributed by atoms with Crippen LogP contribution in [0.1, 0.15) is 42.2 Å². The van der Waals surface area contributed by atoms with Gasteiger partial charge in [0.25, 0.3) is 17.5 Å². The summed E-state index contributed by atoms with van der Waals surface area (Å²) in [6, 6.07) is 16.8. The lowest BCUT2D eigenvalue weighted by Gasteiger charge is -2.13. The Morgan fingerprint density at radius 1 is 0.935 bits per heavy atom. The Bertz CT molecular complexity index is 1220. The third kappa shape index (κ3) is 3.78. The van der Waals surface area contributed by atoms with E-state index in [1.54, 1.807) is 24.3 Å². The van der Waals surface area contributed by atoms with E-state index in [1.165, 1.54) is 42.5 Å². The predicted octanol–water partition coefficient (Wildman–Crippen LogP) is 4.06. The summed E-state index contributed by atoms with van der Waals surface area (Å²) >= 11 is 0. The van der Waals surface area contributed by atoms with E-state index in [2.05, 4.69) is 0 Å². The zero-order chi connectivity index (χ0) is 22.1. The normalized spacial score (nSPS) is 12.6. The highest BCUT2D eigenvalue weighted by Crippen LogP contribution is 2.29. The molecule has 0 atom stereocenters. The number of hydrogen-bond acceptors (Lipinski definition) is 6. The number of imide groups is 1. The average Bonchev–Trinajstić information content (AvgIpc) is 3.02. The van der Waals surface area contributed by atoms with Crippen molar-refractivity contribution in [2.75, 3.05) is 4.90 Å². The molecular formula is C23H16N2O6. The molecule has 4 rings (SSSR count). The number of benzene rings is 3. The summed E-state index contributed by atoms with van der Waals surface area (Å²) in [5, 5.41) is 10.7. The van der Waals surface area contributed by atoms with E-state index in [0.717, 1.165) is 10.5 Å². The molecule has 3 aromatic rings. The fourth-order valence-corrected chi connectivity index (χ4v) is 3.24. The number of amides is 2. The Morgan fingerprint density at radius 3 is 2.23 bits per heavy atom. The Kier molecular flexibility index (Phi) is 5.04. The van der Waals surface area contributed by atoms with E-state index < -0.39 is 22.7 Å². The van der Waals surface area contributed by atoms with Gasteiger partial charge >= 0.3 is 5.97 Å². The van der Waals surface area contributed by atoms with Gasteiger partial charge in [-0.1, -0.05) is 17.7 Å². The summed E-state index contributed by atoms with van der Waals surface area (Å²) in [5.41, 5.74) is 2.46. The standard InChI is InChI=1S/C23H16N2O6/c1-14-2-7-17(8-3-14)24-21(26)19-11-6-16(12-20(19)22(24)27)23(28)31-13-15-4-9-18(10-5-15)25(29)30/h2-12H,13H2,1H3. The molecule has 0 aromatic heterocycles. The summed E-state index contributed by atoms with van der Waals surface area (Å²) in [6.45, 7) is 1.82. The van der Waals surface area contributed by atoms with Gasteiger partial charge in [0.1, 0.15) is 6.61 Å². The van der Waals surface area contributed by atoms with Gasteiger partial charge in [0.15, 0.2) is 0 Å². The molecule has 0 fully saturated rings. The number of carbonyl (C=O) groups is 3. The lowest BCUT2D eigenvalue weighted by Crippen LogP contribution is -2.29. The van der Waals surface area contributed by atoms with Gasteiger partial charge in [0.2, 0.25) is 0 Å². The highest BCUT2D eigenvalue weighted by atomic mass is 16.6. The second-order valence-electron chi connectivity index (χ2n) is 7.04. The summed E-state index contributed by atoms with van der Waals surface area (Å²) in [5.74, 6) is -1.63. The maximum Gasteiger partial charge on any atom is 0.338 e. The molecule has 0 spiro atoms. The predicted molar refractivity (Wildman–Crippen MR) is 111 cm³/mol. The lowest BCUT2D eigenvalue weighted by molar-refractivity contribution is -0.384. The number of hydrogen-bond donors (Lipinski definition) is 0. The van der Waals surface area contributed by atoms with Crippen LogP contribution in [0.5, 0.6) is 0 Å². The molecule has 0 aliphatic carbocycles. The molecule has 31 heavy (non-hydrogen) atoms. The third-order valence-corrected chi connectivity index (χ3v) is 4.93. The Labute approximate surface area is 176 Å². The molecule has 154 valence electrons. The molecule has 8 nitrogen and oxygen atoms in total. The van der Waals surface area contributed by atoms with Crippen LogP contribution in [0.3, 0.4) is 0 Å². The quantitative estimate of drug-likeness (QED) is 0.269. The van der Waals surface area contributed by atoms with Gasteiger partial charge in [0.05, 0.1) is 27.3 Å². The first-order valence-electron chi connectivity index (χ1n) is 9.35. The Hall–Kier alpha value is -4.33. The number of nitro groups is 1. The zero-order valence-corrected chi connectivity index (χ0v) is 16.4. The van der Waals surface area contributed by atoms with Gasteiger partial charge in [-0.2, -0.15) is 0 Å². The van der Waals surface area contributed by atoms with Crippen LogP contribution >= 0.6 is 0 Å². The van der Waals surface area contributed by atoms with E-state index in [1.807, 2.05) is 6.92 Å². The summed E-state index contributed by atoms with van der Waals surface area (Å²) < 4.78 is 5.24. The van der Waals surface area contributed by atoms with Gasteiger partial charge in [-0.05, 0) is 55.0 Å². The van der Waals surface area contributed by atoms with Crippen LogP contribution in [0.25, 0.3) is 0 Å². The van der Waals surface area contributed by atoms with E-state index in [9.17, 15) is 24.5 Å². The Morgan fingerprint density at radius 2 is 1.58 bits per heavy atom. The van der Waals surface area contributed by atoms with Crippen molar-refractivity contribution < 1.29 is 24.0 Å². The minimum atomic E-state index is -0.671. The number of rotatable bonds is 5. The summed E-state index contributed by atoms with van der Waals surface area (Å²) in [7, 11) is 0. The Balaban J connectivity index is 1.50. The molecule has 0 N–H and O–H groups in total. The van der Waals surface area contributed by atoms with Gasteiger partial charge < -0.3 is 4.74 Å². The molecule has 0 unspecified atom stereocenters. The lowest BCUT2D eigenvalue weighted by atomic mass is 10.1. The first kappa shape index (κ1) is 20.0. The smallest absolute Gasteiger partial charge is 0.338 e. The number of aryl methyl sites for hydroxylation is 1. The number of carbonyl (C=O) groups excluding carboxylic acids is 3. The number of ether oxygens (including phenoxy) is 1. The third-order valence-electron chi connectivity index (χ3n) is 4.93. The molecule has 1 aliphatic heterocycles. The molecular weight excluding hydrogens is 400 g/mol. The van der Waals surface area contributed by atoms with Crippen LogP contribution in [0, 0.1) is 17.0 Å². The number of non-ortho nitro benzene ring substituents is 1. The summed E-state index contributed by atoms with van der Waals surface area (Å²) in [4.78, 5) is 49.2. The minimum Gasteiger partial charge on any atom is -0.457 e. The highest BCUT2D eigenvalue weighted by Gasteiger charge is 2.37. The van der Waals surface area contributed by atoms with Crippen molar-refractivity contribution in [1.82, 2.24) is 0 Å². The maximum absolute atomic E-state index is 12.8. The molecule has 3 aromatic carbocycles. The van der Waals surface area contributed by atoms with Crippen molar-refractivity contribution in [2.45, 2.75) is 13.5 Å². The molecule has 1 aliphatic rings. The second-order valence-corrected chi connectivity index (χ2v) is 7.04. The molecule has 0 saturated heterocycles. The summed E-state index contributed by atoms with van der Waals surface area (Å²) in [6.07, 6.45) is 0. The number of nitro benzene ring substituents is 1. The fourth-order valence-electron chi connectivity index (χ4n) is 3.24. The molecule has 2 amide bonds. The van der Waals surface area contributed by atoms with E-state index in [-0.39, 0.29) is 29.0 Å². The van der Waals surface area contributed by atoms with Crippen LogP contribution in [-0.4, -0.2) is 22.7 Å². The molecule has 0 radical (unpaired) electrons. The number of fused-ring (bicyclic) bond motifs is 1. The van der Waals surface area contributed by atoms with Crippen LogP contribution in [0.2, 0.25) is 0 Å². The van der Waals surface area contributed by atoms with Crippen LogP contribution in [0.15, 0.2) is 66.7 Å². The van der Waals surface area contributed by atoms with Crippen LogP contribution < -0.4 is 4.90 Å². The monoisotopic (exact) mass is 416 g/mol. The van der Waals surface area contributed by atoms with Crippen molar-refractivity contribution in [2.24, 2.45) is 0 Å².